The van der Waals surface area contributed by atoms with Gasteiger partial charge in [-0.2, -0.15) is 0 Å². The van der Waals surface area contributed by atoms with Crippen molar-refractivity contribution in [2.75, 3.05) is 7.05 Å². The molecule has 0 fully saturated rings. The summed E-state index contributed by atoms with van der Waals surface area (Å²) in [6.45, 7) is 4.04. The summed E-state index contributed by atoms with van der Waals surface area (Å²) in [5, 5.41) is 0. The van der Waals surface area contributed by atoms with Gasteiger partial charge in [-0.3, -0.25) is 0 Å². The molecule has 0 atom stereocenters. The molecule has 0 radical (unpaired) electrons. The van der Waals surface area contributed by atoms with Gasteiger partial charge in [0.1, 0.15) is 5.52 Å². The van der Waals surface area contributed by atoms with Gasteiger partial charge in [-0.05, 0) is 6.07 Å². The number of aromatic nitrogens is 1. The molecule has 1 heterocycles. The van der Waals surface area contributed by atoms with E-state index < -0.39 is 0 Å². The predicted molar refractivity (Wildman–Crippen MR) is 57.3 cm³/mol. The van der Waals surface area contributed by atoms with E-state index in [1.54, 1.807) is 18.2 Å². The summed E-state index contributed by atoms with van der Waals surface area (Å²) in [7, 11) is 1.46. The molecule has 2 aromatic rings. The van der Waals surface area contributed by atoms with E-state index in [0.29, 0.717) is 11.6 Å². The van der Waals surface area contributed by atoms with E-state index in [0.717, 1.165) is 15.9 Å². The Morgan fingerprint density at radius 1 is 1.40 bits per heavy atom. The van der Waals surface area contributed by atoms with Gasteiger partial charge in [-0.15, -0.1) is 0 Å². The number of hydrogen-bond acceptors (Lipinski definition) is 3. The van der Waals surface area contributed by atoms with Crippen molar-refractivity contribution in [2.24, 2.45) is 0 Å². The SMILES string of the molecule is CC(C)c1nc2cc([N+](C)=O)ccc2o1. The van der Waals surface area contributed by atoms with Crippen LogP contribution in [0.1, 0.15) is 25.7 Å². The number of rotatable bonds is 2. The highest BCUT2D eigenvalue weighted by molar-refractivity contribution is 5.75. The van der Waals surface area contributed by atoms with Gasteiger partial charge in [0.15, 0.2) is 18.5 Å². The maximum absolute atomic E-state index is 11.1. The van der Waals surface area contributed by atoms with Gasteiger partial charge in [-0.25, -0.2) is 4.98 Å². The number of benzene rings is 1. The van der Waals surface area contributed by atoms with Gasteiger partial charge in [0.25, 0.3) is 5.69 Å². The second-order valence-corrected chi connectivity index (χ2v) is 3.86. The smallest absolute Gasteiger partial charge is 0.258 e. The first kappa shape index (κ1) is 9.83. The van der Waals surface area contributed by atoms with Crippen molar-refractivity contribution in [3.63, 3.8) is 0 Å². The largest absolute Gasteiger partial charge is 0.440 e. The van der Waals surface area contributed by atoms with Crippen LogP contribution in [0.4, 0.5) is 5.69 Å². The molecular weight excluding hydrogens is 192 g/mol. The maximum atomic E-state index is 11.1. The normalized spacial score (nSPS) is 11.2. The molecule has 15 heavy (non-hydrogen) atoms. The summed E-state index contributed by atoms with van der Waals surface area (Å²) in [5.41, 5.74) is 2.05. The monoisotopic (exact) mass is 205 g/mol. The Labute approximate surface area is 87.5 Å². The second-order valence-electron chi connectivity index (χ2n) is 3.86. The molecule has 0 amide bonds. The quantitative estimate of drug-likeness (QED) is 0.708. The molecule has 78 valence electrons. The van der Waals surface area contributed by atoms with Crippen molar-refractivity contribution in [1.82, 2.24) is 4.98 Å². The van der Waals surface area contributed by atoms with Crippen LogP contribution in [0, 0.1) is 4.91 Å². The van der Waals surface area contributed by atoms with Crippen LogP contribution in [-0.2, 0) is 0 Å². The number of nitrogens with zero attached hydrogens (tertiary/aromatic N) is 2. The first-order valence-electron chi connectivity index (χ1n) is 4.89. The van der Waals surface area contributed by atoms with Crippen molar-refractivity contribution in [3.8, 4) is 0 Å². The van der Waals surface area contributed by atoms with E-state index in [9.17, 15) is 4.91 Å². The van der Waals surface area contributed by atoms with Gasteiger partial charge in [0, 0.05) is 27.7 Å². The lowest BCUT2D eigenvalue weighted by atomic mass is 10.2. The summed E-state index contributed by atoms with van der Waals surface area (Å²) in [6, 6.07) is 5.24. The van der Waals surface area contributed by atoms with Crippen LogP contribution in [0.15, 0.2) is 22.6 Å². The standard InChI is InChI=1S/C11H13N2O2/c1-7(2)11-12-9-6-8(13(3)14)4-5-10(9)15-11/h4-7H,1-3H3/q+1. The Morgan fingerprint density at radius 2 is 2.13 bits per heavy atom. The van der Waals surface area contributed by atoms with Crippen LogP contribution in [-0.4, -0.2) is 16.8 Å². The van der Waals surface area contributed by atoms with Crippen LogP contribution in [0.2, 0.25) is 0 Å². The fourth-order valence-corrected chi connectivity index (χ4v) is 1.38. The first-order valence-corrected chi connectivity index (χ1v) is 4.89. The highest BCUT2D eigenvalue weighted by Crippen LogP contribution is 2.24. The average Bonchev–Trinajstić information content (AvgIpc) is 2.59. The lowest BCUT2D eigenvalue weighted by Gasteiger charge is -1.93. The fraction of sp³-hybridized carbons (Fsp3) is 0.364. The molecule has 0 saturated carbocycles. The van der Waals surface area contributed by atoms with Gasteiger partial charge in [0.2, 0.25) is 0 Å². The summed E-state index contributed by atoms with van der Waals surface area (Å²) in [6.07, 6.45) is 0. The van der Waals surface area contributed by atoms with Crippen molar-refractivity contribution < 1.29 is 9.18 Å². The summed E-state index contributed by atoms with van der Waals surface area (Å²) in [4.78, 5) is 15.4. The molecule has 0 aliphatic carbocycles. The third kappa shape index (κ3) is 1.75. The topological polar surface area (TPSA) is 46.1 Å². The molecule has 0 aliphatic heterocycles. The van der Waals surface area contributed by atoms with Crippen LogP contribution < -0.4 is 0 Å². The predicted octanol–water partition coefficient (Wildman–Crippen LogP) is 2.99. The molecule has 1 aromatic heterocycles. The fourth-order valence-electron chi connectivity index (χ4n) is 1.38. The second kappa shape index (κ2) is 3.46. The van der Waals surface area contributed by atoms with Crippen molar-refractivity contribution in [3.05, 3.63) is 29.0 Å². The Kier molecular flexibility index (Phi) is 2.26. The van der Waals surface area contributed by atoms with E-state index in [1.165, 1.54) is 7.05 Å². The first-order chi connectivity index (χ1) is 7.08. The van der Waals surface area contributed by atoms with Crippen molar-refractivity contribution in [2.45, 2.75) is 19.8 Å². The summed E-state index contributed by atoms with van der Waals surface area (Å²) >= 11 is 0. The molecule has 0 N–H and O–H groups in total. The molecule has 0 saturated heterocycles. The number of oxazole rings is 1. The third-order valence-corrected chi connectivity index (χ3v) is 2.25. The molecule has 4 nitrogen and oxygen atoms in total. The maximum Gasteiger partial charge on any atom is 0.258 e. The highest BCUT2D eigenvalue weighted by Gasteiger charge is 2.13. The lowest BCUT2D eigenvalue weighted by molar-refractivity contribution is -0.428. The van der Waals surface area contributed by atoms with E-state index in [-0.39, 0.29) is 5.92 Å². The van der Waals surface area contributed by atoms with Crippen molar-refractivity contribution in [1.29, 1.82) is 0 Å². The molecular formula is C11H13N2O2+. The zero-order valence-electron chi connectivity index (χ0n) is 9.02. The highest BCUT2D eigenvalue weighted by atomic mass is 16.3. The Morgan fingerprint density at radius 3 is 2.73 bits per heavy atom. The zero-order chi connectivity index (χ0) is 11.0. The zero-order valence-corrected chi connectivity index (χ0v) is 9.02. The van der Waals surface area contributed by atoms with E-state index in [2.05, 4.69) is 4.98 Å². The minimum Gasteiger partial charge on any atom is -0.440 e. The van der Waals surface area contributed by atoms with Gasteiger partial charge in [0.05, 0.1) is 0 Å². The summed E-state index contributed by atoms with van der Waals surface area (Å²) in [5.74, 6) is 0.960. The Bertz CT molecular complexity index is 514. The van der Waals surface area contributed by atoms with Gasteiger partial charge >= 0.3 is 0 Å². The van der Waals surface area contributed by atoms with Crippen LogP contribution in [0.5, 0.6) is 0 Å². The van der Waals surface area contributed by atoms with Gasteiger partial charge < -0.3 is 4.42 Å². The number of fused-ring (bicyclic) bond motifs is 1. The minimum atomic E-state index is 0.255. The van der Waals surface area contributed by atoms with Crippen LogP contribution in [0.25, 0.3) is 11.1 Å². The average molecular weight is 205 g/mol. The van der Waals surface area contributed by atoms with Gasteiger partial charge in [-0.1, -0.05) is 13.8 Å². The van der Waals surface area contributed by atoms with Crippen LogP contribution in [0.3, 0.4) is 0 Å². The lowest BCUT2D eigenvalue weighted by Crippen LogP contribution is -1.89. The van der Waals surface area contributed by atoms with E-state index in [1.807, 2.05) is 13.8 Å². The molecule has 1 aromatic carbocycles. The Hall–Kier alpha value is -1.71. The van der Waals surface area contributed by atoms with Crippen molar-refractivity contribution >= 4 is 16.8 Å². The number of hydrogen-bond donors (Lipinski definition) is 0. The molecule has 0 unspecified atom stereocenters. The summed E-state index contributed by atoms with van der Waals surface area (Å²) < 4.78 is 6.34. The number of nitroso groups, excluding NO2 is 1. The van der Waals surface area contributed by atoms with Crippen LogP contribution >= 0.6 is 0 Å². The molecule has 0 bridgehead atoms. The third-order valence-electron chi connectivity index (χ3n) is 2.25. The minimum absolute atomic E-state index is 0.255. The molecule has 4 heteroatoms. The molecule has 2 rings (SSSR count). The van der Waals surface area contributed by atoms with E-state index >= 15 is 0 Å². The molecule has 0 aliphatic rings. The Balaban J connectivity index is 2.57. The van der Waals surface area contributed by atoms with E-state index in [4.69, 9.17) is 4.42 Å². The molecule has 0 spiro atoms.